The van der Waals surface area contributed by atoms with E-state index in [0.29, 0.717) is 6.54 Å². The van der Waals surface area contributed by atoms with Crippen LogP contribution in [0.1, 0.15) is 12.8 Å². The number of rotatable bonds is 1. The molecule has 2 heterocycles. The van der Waals surface area contributed by atoms with Gasteiger partial charge in [0.25, 0.3) is 0 Å². The minimum absolute atomic E-state index is 0.0224. The lowest BCUT2D eigenvalue weighted by atomic mass is 10.0. The van der Waals surface area contributed by atoms with Crippen LogP contribution in [0, 0.1) is 0 Å². The van der Waals surface area contributed by atoms with Crippen molar-refractivity contribution in [3.05, 3.63) is 0 Å². The summed E-state index contributed by atoms with van der Waals surface area (Å²) in [5.74, 6) is 0. The highest BCUT2D eigenvalue weighted by Gasteiger charge is 2.46. The highest BCUT2D eigenvalue weighted by Crippen LogP contribution is 2.30. The van der Waals surface area contributed by atoms with Crippen molar-refractivity contribution < 1.29 is 14.3 Å². The van der Waals surface area contributed by atoms with E-state index >= 15 is 0 Å². The molecule has 0 unspecified atom stereocenters. The number of nitrogens with zero attached hydrogens (tertiary/aromatic N) is 2. The van der Waals surface area contributed by atoms with Gasteiger partial charge < -0.3 is 19.3 Å². The number of amides is 2. The summed E-state index contributed by atoms with van der Waals surface area (Å²) in [5, 5.41) is 0. The van der Waals surface area contributed by atoms with Gasteiger partial charge in [-0.25, -0.2) is 4.79 Å². The average Bonchev–Trinajstić information content (AvgIpc) is 2.66. The summed E-state index contributed by atoms with van der Waals surface area (Å²) in [6.07, 6.45) is 2.12. The van der Waals surface area contributed by atoms with E-state index in [-0.39, 0.29) is 24.3 Å². The van der Waals surface area contributed by atoms with E-state index in [0.717, 1.165) is 19.4 Å². The summed E-state index contributed by atoms with van der Waals surface area (Å²) < 4.78 is 11.1. The lowest BCUT2D eigenvalue weighted by molar-refractivity contribution is -0.0638. The molecule has 2 amide bonds. The van der Waals surface area contributed by atoms with Gasteiger partial charge in [0.05, 0.1) is 12.6 Å². The fraction of sp³-hybridized carbons (Fsp3) is 0.909. The predicted octanol–water partition coefficient (Wildman–Crippen LogP) is 0.546. The third-order valence-corrected chi connectivity index (χ3v) is 3.41. The molecule has 0 aliphatic carbocycles. The third-order valence-electron chi connectivity index (χ3n) is 3.41. The second kappa shape index (κ2) is 4.59. The molecule has 92 valence electrons. The molecular formula is C11H20N2O3. The highest BCUT2D eigenvalue weighted by atomic mass is 16.5. The monoisotopic (exact) mass is 228 g/mol. The first-order chi connectivity index (χ1) is 7.65. The number of fused-ring (bicyclic) bond motifs is 1. The first kappa shape index (κ1) is 11.7. The molecule has 0 spiro atoms. The first-order valence-corrected chi connectivity index (χ1v) is 5.77. The van der Waals surface area contributed by atoms with Crippen LogP contribution >= 0.6 is 0 Å². The fourth-order valence-corrected chi connectivity index (χ4v) is 2.59. The van der Waals surface area contributed by atoms with E-state index in [9.17, 15) is 4.79 Å². The largest absolute Gasteiger partial charge is 0.377 e. The second-order valence-electron chi connectivity index (χ2n) is 4.65. The van der Waals surface area contributed by atoms with Crippen molar-refractivity contribution in [2.24, 2.45) is 0 Å². The molecule has 16 heavy (non-hydrogen) atoms. The average molecular weight is 228 g/mol. The molecule has 2 rings (SSSR count). The van der Waals surface area contributed by atoms with Crippen LogP contribution in [0.15, 0.2) is 0 Å². The summed E-state index contributed by atoms with van der Waals surface area (Å²) in [4.78, 5) is 15.5. The lowest BCUT2D eigenvalue weighted by Crippen LogP contribution is -2.47. The number of likely N-dealkylation sites (tertiary alicyclic amines) is 1. The van der Waals surface area contributed by atoms with Crippen molar-refractivity contribution in [1.29, 1.82) is 0 Å². The Balaban J connectivity index is 2.12. The Morgan fingerprint density at radius 2 is 2.25 bits per heavy atom. The molecule has 5 nitrogen and oxygen atoms in total. The maximum atomic E-state index is 12.0. The van der Waals surface area contributed by atoms with Crippen molar-refractivity contribution in [3.63, 3.8) is 0 Å². The molecule has 2 saturated heterocycles. The molecule has 2 aliphatic rings. The van der Waals surface area contributed by atoms with E-state index in [4.69, 9.17) is 9.47 Å². The highest BCUT2D eigenvalue weighted by molar-refractivity contribution is 5.74. The maximum Gasteiger partial charge on any atom is 0.319 e. The molecule has 3 atom stereocenters. The van der Waals surface area contributed by atoms with Crippen molar-refractivity contribution in [3.8, 4) is 0 Å². The molecule has 0 bridgehead atoms. The molecule has 0 radical (unpaired) electrons. The number of ether oxygens (including phenoxy) is 2. The number of carbonyl (C=O) groups is 1. The van der Waals surface area contributed by atoms with Crippen molar-refractivity contribution in [2.45, 2.75) is 31.1 Å². The number of methoxy groups -OCH3 is 1. The summed E-state index contributed by atoms with van der Waals surface area (Å²) in [7, 11) is 5.24. The van der Waals surface area contributed by atoms with Crippen LogP contribution in [-0.2, 0) is 9.47 Å². The fourth-order valence-electron chi connectivity index (χ4n) is 2.59. The van der Waals surface area contributed by atoms with Gasteiger partial charge in [0.2, 0.25) is 0 Å². The molecule has 0 aromatic heterocycles. The zero-order chi connectivity index (χ0) is 11.7. The molecule has 0 saturated carbocycles. The minimum atomic E-state index is 0.0224. The Morgan fingerprint density at radius 3 is 2.88 bits per heavy atom. The van der Waals surface area contributed by atoms with Gasteiger partial charge in [-0.2, -0.15) is 0 Å². The molecule has 5 heteroatoms. The van der Waals surface area contributed by atoms with E-state index in [1.807, 2.05) is 4.90 Å². The first-order valence-electron chi connectivity index (χ1n) is 5.77. The van der Waals surface area contributed by atoms with E-state index in [1.165, 1.54) is 0 Å². The van der Waals surface area contributed by atoms with Crippen molar-refractivity contribution in [1.82, 2.24) is 9.80 Å². The summed E-state index contributed by atoms with van der Waals surface area (Å²) in [6.45, 7) is 1.42. The topological polar surface area (TPSA) is 42.0 Å². The number of hydrogen-bond acceptors (Lipinski definition) is 3. The van der Waals surface area contributed by atoms with Crippen LogP contribution in [-0.4, -0.2) is 68.4 Å². The maximum absolute atomic E-state index is 12.0. The smallest absolute Gasteiger partial charge is 0.319 e. The van der Waals surface area contributed by atoms with Gasteiger partial charge in [0, 0.05) is 27.8 Å². The van der Waals surface area contributed by atoms with Crippen LogP contribution < -0.4 is 0 Å². The van der Waals surface area contributed by atoms with Gasteiger partial charge in [-0.15, -0.1) is 0 Å². The minimum Gasteiger partial charge on any atom is -0.377 e. The van der Waals surface area contributed by atoms with E-state index in [2.05, 4.69) is 0 Å². The van der Waals surface area contributed by atoms with Crippen molar-refractivity contribution >= 4 is 6.03 Å². The zero-order valence-electron chi connectivity index (χ0n) is 10.2. The molecule has 0 aromatic rings. The van der Waals surface area contributed by atoms with Gasteiger partial charge in [-0.3, -0.25) is 0 Å². The summed E-state index contributed by atoms with van der Waals surface area (Å²) in [5.41, 5.74) is 0. The normalized spacial score (nSPS) is 33.7. The summed E-state index contributed by atoms with van der Waals surface area (Å²) >= 11 is 0. The van der Waals surface area contributed by atoms with Crippen LogP contribution in [0.5, 0.6) is 0 Å². The van der Waals surface area contributed by atoms with Crippen LogP contribution in [0.25, 0.3) is 0 Å². The van der Waals surface area contributed by atoms with E-state index in [1.54, 1.807) is 26.1 Å². The third kappa shape index (κ3) is 1.89. The quantitative estimate of drug-likeness (QED) is 0.658. The van der Waals surface area contributed by atoms with Gasteiger partial charge in [0.15, 0.2) is 0 Å². The standard InChI is InChI=1S/C11H20N2O3/c1-12(2)11(14)13-7-9(15-3)10-8(13)5-4-6-16-10/h8-10H,4-7H2,1-3H3/t8-,9+,10+/m0/s1. The van der Waals surface area contributed by atoms with Gasteiger partial charge in [-0.05, 0) is 12.8 Å². The SMILES string of the molecule is CO[C@@H]1CN(C(=O)N(C)C)[C@H]2CCCO[C@@H]12. The Hall–Kier alpha value is -0.810. The Bertz CT molecular complexity index is 270. The molecule has 2 fully saturated rings. The Morgan fingerprint density at radius 1 is 1.50 bits per heavy atom. The zero-order valence-corrected chi connectivity index (χ0v) is 10.2. The van der Waals surface area contributed by atoms with E-state index < -0.39 is 0 Å². The van der Waals surface area contributed by atoms with Gasteiger partial charge >= 0.3 is 6.03 Å². The molecular weight excluding hydrogens is 208 g/mol. The molecule has 0 N–H and O–H groups in total. The van der Waals surface area contributed by atoms with Crippen molar-refractivity contribution in [2.75, 3.05) is 34.4 Å². The Labute approximate surface area is 96.3 Å². The Kier molecular flexibility index (Phi) is 3.35. The number of urea groups is 1. The number of carbonyl (C=O) groups excluding carboxylic acids is 1. The molecule has 0 aromatic carbocycles. The lowest BCUT2D eigenvalue weighted by Gasteiger charge is -2.33. The van der Waals surface area contributed by atoms with Crippen LogP contribution in [0.3, 0.4) is 0 Å². The van der Waals surface area contributed by atoms with Gasteiger partial charge in [-0.1, -0.05) is 0 Å². The predicted molar refractivity (Wildman–Crippen MR) is 59.3 cm³/mol. The second-order valence-corrected chi connectivity index (χ2v) is 4.65. The van der Waals surface area contributed by atoms with Crippen LogP contribution in [0.4, 0.5) is 4.79 Å². The number of hydrogen-bond donors (Lipinski definition) is 0. The molecule has 2 aliphatic heterocycles. The summed E-state index contributed by atoms with van der Waals surface area (Å²) in [6, 6.07) is 0.244. The van der Waals surface area contributed by atoms with Gasteiger partial charge in [0.1, 0.15) is 12.2 Å². The van der Waals surface area contributed by atoms with Crippen LogP contribution in [0.2, 0.25) is 0 Å².